The number of esters is 1. The van der Waals surface area contributed by atoms with Crippen LogP contribution in [0.25, 0.3) is 0 Å². The highest BCUT2D eigenvalue weighted by Crippen LogP contribution is 2.04. The molecule has 0 bridgehead atoms. The van der Waals surface area contributed by atoms with Gasteiger partial charge < -0.3 is 19.6 Å². The summed E-state index contributed by atoms with van der Waals surface area (Å²) < 4.78 is 9.11. The van der Waals surface area contributed by atoms with E-state index in [4.69, 9.17) is 9.52 Å². The van der Waals surface area contributed by atoms with Gasteiger partial charge in [-0.1, -0.05) is 0 Å². The number of hydrogen-bond acceptors (Lipinski definition) is 5. The number of aliphatic carboxylic acids is 1. The van der Waals surface area contributed by atoms with Crippen LogP contribution in [-0.4, -0.2) is 36.1 Å². The molecule has 0 aliphatic carbocycles. The lowest BCUT2D eigenvalue weighted by molar-refractivity contribution is -0.142. The summed E-state index contributed by atoms with van der Waals surface area (Å²) in [5.41, 5.74) is 0.222. The second-order valence-electron chi connectivity index (χ2n) is 3.49. The standard InChI is InChI=1S/C11H13NO6/c1-17-9(13)3-2-8(11(15)16)12-10(14)7-4-5-18-6-7/h4-6,8H,2-3H2,1H3,(H,12,14)(H,15,16). The molecule has 0 aliphatic rings. The molecule has 1 heterocycles. The van der Waals surface area contributed by atoms with E-state index in [1.807, 2.05) is 0 Å². The highest BCUT2D eigenvalue weighted by atomic mass is 16.5. The first kappa shape index (κ1) is 13.8. The molecular weight excluding hydrogens is 242 g/mol. The summed E-state index contributed by atoms with van der Waals surface area (Å²) in [6, 6.07) is 0.265. The van der Waals surface area contributed by atoms with Crippen molar-refractivity contribution in [2.24, 2.45) is 0 Å². The van der Waals surface area contributed by atoms with Crippen LogP contribution in [-0.2, 0) is 14.3 Å². The van der Waals surface area contributed by atoms with Crippen molar-refractivity contribution in [3.05, 3.63) is 24.2 Å². The third-order valence-corrected chi connectivity index (χ3v) is 2.25. The van der Waals surface area contributed by atoms with Crippen LogP contribution in [0, 0.1) is 0 Å². The maximum atomic E-state index is 11.6. The first-order chi connectivity index (χ1) is 8.54. The zero-order chi connectivity index (χ0) is 13.5. The molecule has 1 atom stereocenters. The molecule has 1 aromatic heterocycles. The summed E-state index contributed by atoms with van der Waals surface area (Å²) in [4.78, 5) is 33.4. The van der Waals surface area contributed by atoms with Crippen LogP contribution in [0.4, 0.5) is 0 Å². The fourth-order valence-corrected chi connectivity index (χ4v) is 1.26. The molecule has 0 saturated heterocycles. The Labute approximate surface area is 103 Å². The first-order valence-corrected chi connectivity index (χ1v) is 5.17. The van der Waals surface area contributed by atoms with E-state index in [-0.39, 0.29) is 18.4 Å². The molecule has 1 amide bonds. The second-order valence-corrected chi connectivity index (χ2v) is 3.49. The Morgan fingerprint density at radius 3 is 2.72 bits per heavy atom. The van der Waals surface area contributed by atoms with Crippen molar-refractivity contribution >= 4 is 17.8 Å². The summed E-state index contributed by atoms with van der Waals surface area (Å²) in [6.07, 6.45) is 2.39. The third-order valence-electron chi connectivity index (χ3n) is 2.25. The highest BCUT2D eigenvalue weighted by Gasteiger charge is 2.22. The van der Waals surface area contributed by atoms with Gasteiger partial charge in [0.05, 0.1) is 18.9 Å². The molecule has 0 fully saturated rings. The number of furan rings is 1. The van der Waals surface area contributed by atoms with E-state index in [0.717, 1.165) is 0 Å². The molecule has 0 spiro atoms. The Balaban J connectivity index is 2.55. The summed E-state index contributed by atoms with van der Waals surface area (Å²) in [5, 5.41) is 11.2. The zero-order valence-electron chi connectivity index (χ0n) is 9.71. The van der Waals surface area contributed by atoms with Gasteiger partial charge in [-0.05, 0) is 12.5 Å². The summed E-state index contributed by atoms with van der Waals surface area (Å²) in [5.74, 6) is -2.31. The van der Waals surface area contributed by atoms with Gasteiger partial charge in [-0.2, -0.15) is 0 Å². The molecule has 7 heteroatoms. The van der Waals surface area contributed by atoms with Gasteiger partial charge in [0.1, 0.15) is 12.3 Å². The topological polar surface area (TPSA) is 106 Å². The van der Waals surface area contributed by atoms with Crippen molar-refractivity contribution in [3.8, 4) is 0 Å². The van der Waals surface area contributed by atoms with Gasteiger partial charge in [0, 0.05) is 6.42 Å². The molecule has 0 saturated carbocycles. The Morgan fingerprint density at radius 2 is 2.22 bits per heavy atom. The van der Waals surface area contributed by atoms with Crippen molar-refractivity contribution in [2.45, 2.75) is 18.9 Å². The molecule has 98 valence electrons. The second kappa shape index (κ2) is 6.43. The lowest BCUT2D eigenvalue weighted by Crippen LogP contribution is -2.41. The maximum Gasteiger partial charge on any atom is 0.326 e. The molecule has 1 rings (SSSR count). The fraction of sp³-hybridized carbons (Fsp3) is 0.364. The molecule has 0 radical (unpaired) electrons. The number of carboxylic acid groups (broad SMARTS) is 1. The highest BCUT2D eigenvalue weighted by molar-refractivity contribution is 5.96. The third kappa shape index (κ3) is 3.93. The average molecular weight is 255 g/mol. The van der Waals surface area contributed by atoms with Crippen LogP contribution in [0.15, 0.2) is 23.0 Å². The number of methoxy groups -OCH3 is 1. The van der Waals surface area contributed by atoms with Crippen LogP contribution >= 0.6 is 0 Å². The van der Waals surface area contributed by atoms with E-state index in [0.29, 0.717) is 0 Å². The lowest BCUT2D eigenvalue weighted by atomic mass is 10.1. The van der Waals surface area contributed by atoms with Crippen LogP contribution in [0.2, 0.25) is 0 Å². The fourth-order valence-electron chi connectivity index (χ4n) is 1.26. The molecule has 2 N–H and O–H groups in total. The van der Waals surface area contributed by atoms with Gasteiger partial charge in [-0.3, -0.25) is 9.59 Å². The number of carboxylic acids is 1. The summed E-state index contributed by atoms with van der Waals surface area (Å²) >= 11 is 0. The van der Waals surface area contributed by atoms with Gasteiger partial charge in [0.25, 0.3) is 5.91 Å². The summed E-state index contributed by atoms with van der Waals surface area (Å²) in [7, 11) is 1.21. The molecule has 0 aromatic carbocycles. The summed E-state index contributed by atoms with van der Waals surface area (Å²) in [6.45, 7) is 0. The SMILES string of the molecule is COC(=O)CCC(NC(=O)c1ccoc1)C(=O)O. The number of ether oxygens (including phenoxy) is 1. The number of amides is 1. The monoisotopic (exact) mass is 255 g/mol. The van der Waals surface area contributed by atoms with Crippen molar-refractivity contribution in [1.29, 1.82) is 0 Å². The van der Waals surface area contributed by atoms with Crippen molar-refractivity contribution < 1.29 is 28.6 Å². The predicted octanol–water partition coefficient (Wildman–Crippen LogP) is 0.416. The molecule has 1 unspecified atom stereocenters. The van der Waals surface area contributed by atoms with E-state index in [1.165, 1.54) is 25.7 Å². The van der Waals surface area contributed by atoms with Crippen molar-refractivity contribution in [2.75, 3.05) is 7.11 Å². The van der Waals surface area contributed by atoms with Gasteiger partial charge in [0.2, 0.25) is 0 Å². The Kier molecular flexibility index (Phi) is 4.91. The lowest BCUT2D eigenvalue weighted by Gasteiger charge is -2.12. The number of carbonyl (C=O) groups excluding carboxylic acids is 2. The number of hydrogen-bond donors (Lipinski definition) is 2. The van der Waals surface area contributed by atoms with E-state index >= 15 is 0 Å². The van der Waals surface area contributed by atoms with Gasteiger partial charge in [-0.25, -0.2) is 4.79 Å². The van der Waals surface area contributed by atoms with E-state index < -0.39 is 23.9 Å². The average Bonchev–Trinajstić information content (AvgIpc) is 2.87. The van der Waals surface area contributed by atoms with E-state index in [2.05, 4.69) is 10.1 Å². The normalized spacial score (nSPS) is 11.6. The minimum atomic E-state index is -1.21. The van der Waals surface area contributed by atoms with Crippen molar-refractivity contribution in [1.82, 2.24) is 5.32 Å². The van der Waals surface area contributed by atoms with Gasteiger partial charge >= 0.3 is 11.9 Å². The molecular formula is C11H13NO6. The minimum Gasteiger partial charge on any atom is -0.480 e. The first-order valence-electron chi connectivity index (χ1n) is 5.17. The van der Waals surface area contributed by atoms with Crippen LogP contribution in [0.1, 0.15) is 23.2 Å². The smallest absolute Gasteiger partial charge is 0.326 e. The number of rotatable bonds is 6. The zero-order valence-corrected chi connectivity index (χ0v) is 9.71. The van der Waals surface area contributed by atoms with Crippen LogP contribution in [0.3, 0.4) is 0 Å². The quantitative estimate of drug-likeness (QED) is 0.713. The predicted molar refractivity (Wildman–Crippen MR) is 58.8 cm³/mol. The van der Waals surface area contributed by atoms with Gasteiger partial charge in [-0.15, -0.1) is 0 Å². The maximum absolute atomic E-state index is 11.6. The Hall–Kier alpha value is -2.31. The Morgan fingerprint density at radius 1 is 1.50 bits per heavy atom. The van der Waals surface area contributed by atoms with E-state index in [1.54, 1.807) is 0 Å². The number of carbonyl (C=O) groups is 3. The number of nitrogens with one attached hydrogen (secondary N) is 1. The van der Waals surface area contributed by atoms with Crippen LogP contribution in [0.5, 0.6) is 0 Å². The largest absolute Gasteiger partial charge is 0.480 e. The van der Waals surface area contributed by atoms with E-state index in [9.17, 15) is 14.4 Å². The van der Waals surface area contributed by atoms with Crippen molar-refractivity contribution in [3.63, 3.8) is 0 Å². The minimum absolute atomic E-state index is 0.0361. The molecule has 18 heavy (non-hydrogen) atoms. The van der Waals surface area contributed by atoms with Gasteiger partial charge in [0.15, 0.2) is 0 Å². The molecule has 0 aliphatic heterocycles. The molecule has 7 nitrogen and oxygen atoms in total. The molecule has 1 aromatic rings. The Bertz CT molecular complexity index is 425. The van der Waals surface area contributed by atoms with Crippen LogP contribution < -0.4 is 5.32 Å².